The Morgan fingerprint density at radius 3 is 2.41 bits per heavy atom. The van der Waals surface area contributed by atoms with Gasteiger partial charge in [-0.3, -0.25) is 0 Å². The largest absolute Gasteiger partial charge is 0.457 e. The Bertz CT molecular complexity index is 959. The number of rotatable bonds is 6. The van der Waals surface area contributed by atoms with Gasteiger partial charge >= 0.3 is 0 Å². The molecule has 0 aliphatic heterocycles. The molecule has 8 nitrogen and oxygen atoms in total. The molecule has 0 aliphatic carbocycles. The van der Waals surface area contributed by atoms with Crippen LogP contribution in [0.4, 0.5) is 0 Å². The molecule has 0 fully saturated rings. The van der Waals surface area contributed by atoms with Crippen molar-refractivity contribution >= 4 is 46.8 Å². The fourth-order valence-electron chi connectivity index (χ4n) is 2.05. The molecule has 0 bridgehead atoms. The van der Waals surface area contributed by atoms with Crippen LogP contribution in [0.5, 0.6) is 5.75 Å². The molecule has 1 heterocycles. The number of halogens is 3. The number of imidazole rings is 1. The molecule has 0 aliphatic rings. The van der Waals surface area contributed by atoms with E-state index in [0.717, 1.165) is 0 Å². The van der Waals surface area contributed by atoms with Gasteiger partial charge in [-0.2, -0.15) is 0 Å². The molecule has 0 unspecified atom stereocenters. The Kier molecular flexibility index (Phi) is 8.60. The summed E-state index contributed by atoms with van der Waals surface area (Å²) >= 11 is 18.1. The smallest absolute Gasteiger partial charge is 0.291 e. The average molecular weight is 459 g/mol. The monoisotopic (exact) mass is 457 g/mol. The van der Waals surface area contributed by atoms with Gasteiger partial charge < -0.3 is 19.2 Å². The first-order valence-electron chi connectivity index (χ1n) is 7.84. The Balaban J connectivity index is 0.000000687. The van der Waals surface area contributed by atoms with E-state index in [1.54, 1.807) is 72.0 Å². The maximum Gasteiger partial charge on any atom is 0.291 e. The van der Waals surface area contributed by atoms with E-state index in [4.69, 9.17) is 59.6 Å². The molecule has 11 heteroatoms. The second-order valence-corrected chi connectivity index (χ2v) is 6.51. The van der Waals surface area contributed by atoms with E-state index in [-0.39, 0.29) is 6.79 Å². The highest BCUT2D eigenvalue weighted by Gasteiger charge is 2.10. The van der Waals surface area contributed by atoms with Crippen LogP contribution >= 0.6 is 34.8 Å². The fraction of sp³-hybridized carbons (Fsp3) is 0.0556. The Hall–Kier alpha value is -2.94. The summed E-state index contributed by atoms with van der Waals surface area (Å²) in [4.78, 5) is 12.4. The first-order chi connectivity index (χ1) is 13.8. The van der Waals surface area contributed by atoms with Gasteiger partial charge in [-0.05, 0) is 42.5 Å². The standard InChI is InChI=1S/C18H13Cl3N2O2.HNO3/c19-13-1-4-15(5-2-13)24-12-25-18(10-23-8-7-22-11-23)16-6-3-14(20)9-17(16)21;2-1(3)4/h1-11H,12H2;(H,2,3,4). The van der Waals surface area contributed by atoms with Crippen LogP contribution in [-0.4, -0.2) is 26.6 Å². The minimum Gasteiger partial charge on any atom is -0.457 e. The van der Waals surface area contributed by atoms with E-state index in [2.05, 4.69) is 4.98 Å². The summed E-state index contributed by atoms with van der Waals surface area (Å²) in [5.74, 6) is 1.17. The highest BCUT2D eigenvalue weighted by molar-refractivity contribution is 6.35. The minimum absolute atomic E-state index is 0.00111. The lowest BCUT2D eigenvalue weighted by Crippen LogP contribution is -2.04. The molecule has 0 spiro atoms. The quantitative estimate of drug-likeness (QED) is 0.226. The van der Waals surface area contributed by atoms with Crippen LogP contribution in [0.2, 0.25) is 15.1 Å². The Morgan fingerprint density at radius 2 is 1.83 bits per heavy atom. The molecule has 29 heavy (non-hydrogen) atoms. The molecule has 0 saturated heterocycles. The predicted molar refractivity (Wildman–Crippen MR) is 110 cm³/mol. The summed E-state index contributed by atoms with van der Waals surface area (Å²) in [5, 5.41) is 15.3. The normalized spacial score (nSPS) is 10.7. The molecule has 1 aromatic heterocycles. The zero-order valence-corrected chi connectivity index (χ0v) is 16.9. The lowest BCUT2D eigenvalue weighted by molar-refractivity contribution is -0.742. The maximum absolute atomic E-state index is 8.36. The number of benzene rings is 2. The second-order valence-electron chi connectivity index (χ2n) is 5.23. The SMILES string of the molecule is Clc1ccc(OCOC(=Cn2ccnc2)c2ccc(Cl)cc2Cl)cc1.O=[N+]([O-])O. The zero-order chi connectivity index (χ0) is 21.2. The molecule has 1 N–H and O–H groups in total. The fourth-order valence-corrected chi connectivity index (χ4v) is 2.67. The summed E-state index contributed by atoms with van der Waals surface area (Å²) < 4.78 is 13.1. The van der Waals surface area contributed by atoms with Gasteiger partial charge in [0.25, 0.3) is 5.09 Å². The summed E-state index contributed by atoms with van der Waals surface area (Å²) in [6.45, 7) is 0.00111. The third-order valence-electron chi connectivity index (χ3n) is 3.24. The van der Waals surface area contributed by atoms with Crippen molar-refractivity contribution in [3.05, 3.63) is 91.9 Å². The Morgan fingerprint density at radius 1 is 1.17 bits per heavy atom. The molecule has 3 rings (SSSR count). The zero-order valence-electron chi connectivity index (χ0n) is 14.6. The molecule has 0 saturated carbocycles. The van der Waals surface area contributed by atoms with E-state index in [9.17, 15) is 0 Å². The first-order valence-corrected chi connectivity index (χ1v) is 8.97. The van der Waals surface area contributed by atoms with E-state index >= 15 is 0 Å². The summed E-state index contributed by atoms with van der Waals surface area (Å²) in [6, 6.07) is 12.2. The van der Waals surface area contributed by atoms with Crippen LogP contribution in [0.1, 0.15) is 5.56 Å². The summed E-state index contributed by atoms with van der Waals surface area (Å²) in [5.41, 5.74) is 0.694. The summed E-state index contributed by atoms with van der Waals surface area (Å²) in [7, 11) is 0. The van der Waals surface area contributed by atoms with Gasteiger partial charge in [0.2, 0.25) is 6.79 Å². The molecule has 152 valence electrons. The van der Waals surface area contributed by atoms with E-state index in [1.165, 1.54) is 0 Å². The van der Waals surface area contributed by atoms with Crippen LogP contribution in [0.25, 0.3) is 12.0 Å². The van der Waals surface area contributed by atoms with Crippen molar-refractivity contribution in [2.45, 2.75) is 0 Å². The van der Waals surface area contributed by atoms with Crippen LogP contribution in [0.3, 0.4) is 0 Å². The molecule has 3 aromatic rings. The highest BCUT2D eigenvalue weighted by atomic mass is 35.5. The minimum atomic E-state index is -1.50. The van der Waals surface area contributed by atoms with Gasteiger partial charge in [0, 0.05) is 28.0 Å². The van der Waals surface area contributed by atoms with Crippen molar-refractivity contribution in [2.24, 2.45) is 0 Å². The Labute approximate surface area is 180 Å². The number of hydrogen-bond donors (Lipinski definition) is 1. The third-order valence-corrected chi connectivity index (χ3v) is 4.04. The maximum atomic E-state index is 8.36. The van der Waals surface area contributed by atoms with Crippen molar-refractivity contribution in [1.82, 2.24) is 9.55 Å². The van der Waals surface area contributed by atoms with Gasteiger partial charge in [0.15, 0.2) is 0 Å². The van der Waals surface area contributed by atoms with Crippen LogP contribution in [-0.2, 0) is 4.74 Å². The lowest BCUT2D eigenvalue weighted by Gasteiger charge is -2.13. The van der Waals surface area contributed by atoms with Crippen molar-refractivity contribution in [3.8, 4) is 5.75 Å². The molecular weight excluding hydrogens is 445 g/mol. The topological polar surface area (TPSA) is 99.7 Å². The number of nitrogens with zero attached hydrogens (tertiary/aromatic N) is 3. The van der Waals surface area contributed by atoms with Crippen LogP contribution in [0.15, 0.2) is 61.2 Å². The average Bonchev–Trinajstić information content (AvgIpc) is 3.15. The second kappa shape index (κ2) is 11.2. The highest BCUT2D eigenvalue weighted by Crippen LogP contribution is 2.28. The van der Waals surface area contributed by atoms with Gasteiger partial charge in [0.05, 0.1) is 17.5 Å². The van der Waals surface area contributed by atoms with Crippen molar-refractivity contribution < 1.29 is 19.8 Å². The van der Waals surface area contributed by atoms with Crippen molar-refractivity contribution in [2.75, 3.05) is 6.79 Å². The van der Waals surface area contributed by atoms with Crippen LogP contribution in [0, 0.1) is 10.1 Å². The number of hydrogen-bond acceptors (Lipinski definition) is 5. The molecule has 0 radical (unpaired) electrons. The van der Waals surface area contributed by atoms with Crippen molar-refractivity contribution in [1.29, 1.82) is 0 Å². The number of aromatic nitrogens is 2. The first kappa shape index (κ1) is 22.4. The lowest BCUT2D eigenvalue weighted by atomic mass is 10.2. The molecule has 0 atom stereocenters. The van der Waals surface area contributed by atoms with E-state index in [0.29, 0.717) is 32.1 Å². The van der Waals surface area contributed by atoms with Gasteiger partial charge in [-0.15, -0.1) is 10.1 Å². The summed E-state index contributed by atoms with van der Waals surface area (Å²) in [6.07, 6.45) is 6.86. The van der Waals surface area contributed by atoms with Gasteiger partial charge in [-0.1, -0.05) is 34.8 Å². The molecular formula is C18H14Cl3N3O5. The predicted octanol–water partition coefficient (Wildman–Crippen LogP) is 5.50. The third kappa shape index (κ3) is 7.90. The molecule has 0 amide bonds. The van der Waals surface area contributed by atoms with Gasteiger partial charge in [-0.25, -0.2) is 4.98 Å². The van der Waals surface area contributed by atoms with Crippen molar-refractivity contribution in [3.63, 3.8) is 0 Å². The molecule has 2 aromatic carbocycles. The van der Waals surface area contributed by atoms with E-state index in [1.807, 2.05) is 0 Å². The van der Waals surface area contributed by atoms with Gasteiger partial charge in [0.1, 0.15) is 11.5 Å². The number of ether oxygens (including phenoxy) is 2. The van der Waals surface area contributed by atoms with Crippen LogP contribution < -0.4 is 4.74 Å². The van der Waals surface area contributed by atoms with E-state index < -0.39 is 5.09 Å².